The number of aliphatic imine (C=N–C) groups is 1. The second kappa shape index (κ2) is 6.56. The Bertz CT molecular complexity index is 517. The zero-order valence-electron chi connectivity index (χ0n) is 9.57. The lowest BCUT2D eigenvalue weighted by molar-refractivity contribution is -0.0773. The molecule has 1 atom stereocenters. The molecule has 4 nitrogen and oxygen atoms in total. The minimum Gasteiger partial charge on any atom is -0.432 e. The first-order chi connectivity index (χ1) is 8.49. The SMILES string of the molecule is COC(C)OC(=O)c1cc(N=C=S)c(F)cc1Cl. The van der Waals surface area contributed by atoms with E-state index < -0.39 is 18.1 Å². The van der Waals surface area contributed by atoms with Gasteiger partial charge >= 0.3 is 5.97 Å². The van der Waals surface area contributed by atoms with Gasteiger partial charge in [-0.25, -0.2) is 9.18 Å². The maximum absolute atomic E-state index is 13.4. The lowest BCUT2D eigenvalue weighted by Gasteiger charge is -2.12. The number of esters is 1. The van der Waals surface area contributed by atoms with Gasteiger partial charge in [-0.3, -0.25) is 0 Å². The van der Waals surface area contributed by atoms with Crippen LogP contribution in [-0.4, -0.2) is 24.5 Å². The van der Waals surface area contributed by atoms with Crippen LogP contribution in [0.25, 0.3) is 0 Å². The van der Waals surface area contributed by atoms with Crippen LogP contribution in [0.1, 0.15) is 17.3 Å². The molecule has 1 unspecified atom stereocenters. The Morgan fingerprint density at radius 1 is 1.61 bits per heavy atom. The summed E-state index contributed by atoms with van der Waals surface area (Å²) in [6.07, 6.45) is -0.740. The summed E-state index contributed by atoms with van der Waals surface area (Å²) in [6, 6.07) is 2.10. The molecule has 0 aliphatic rings. The summed E-state index contributed by atoms with van der Waals surface area (Å²) in [6.45, 7) is 1.53. The second-order valence-corrected chi connectivity index (χ2v) is 3.78. The van der Waals surface area contributed by atoms with Crippen LogP contribution in [0.15, 0.2) is 17.1 Å². The molecule has 0 saturated heterocycles. The van der Waals surface area contributed by atoms with Gasteiger partial charge < -0.3 is 9.47 Å². The lowest BCUT2D eigenvalue weighted by atomic mass is 10.2. The largest absolute Gasteiger partial charge is 0.432 e. The van der Waals surface area contributed by atoms with E-state index in [1.165, 1.54) is 14.0 Å². The number of hydrogen-bond acceptors (Lipinski definition) is 5. The van der Waals surface area contributed by atoms with Crippen molar-refractivity contribution in [3.8, 4) is 0 Å². The first-order valence-corrected chi connectivity index (χ1v) is 5.59. The lowest BCUT2D eigenvalue weighted by Crippen LogP contribution is -2.16. The van der Waals surface area contributed by atoms with Gasteiger partial charge in [0.1, 0.15) is 5.69 Å². The van der Waals surface area contributed by atoms with Crippen LogP contribution in [-0.2, 0) is 9.47 Å². The van der Waals surface area contributed by atoms with E-state index in [9.17, 15) is 9.18 Å². The number of carbonyl (C=O) groups is 1. The number of methoxy groups -OCH3 is 1. The van der Waals surface area contributed by atoms with Gasteiger partial charge in [-0.05, 0) is 31.3 Å². The molecule has 0 aliphatic carbocycles. The van der Waals surface area contributed by atoms with E-state index in [1.54, 1.807) is 0 Å². The normalized spacial score (nSPS) is 11.6. The maximum atomic E-state index is 13.4. The Hall–Kier alpha value is -1.33. The molecule has 0 radical (unpaired) electrons. The van der Waals surface area contributed by atoms with Crippen LogP contribution < -0.4 is 0 Å². The number of rotatable bonds is 4. The molecule has 0 amide bonds. The Morgan fingerprint density at radius 3 is 2.83 bits per heavy atom. The first kappa shape index (κ1) is 14.7. The van der Waals surface area contributed by atoms with E-state index >= 15 is 0 Å². The average molecular weight is 290 g/mol. The standard InChI is InChI=1S/C11H9ClFNO3S/c1-6(16-2)17-11(15)7-3-10(14-5-18)9(13)4-8(7)12/h3-4,6H,1-2H3. The fourth-order valence-electron chi connectivity index (χ4n) is 1.09. The molecule has 0 saturated carbocycles. The average Bonchev–Trinajstić information content (AvgIpc) is 2.32. The van der Waals surface area contributed by atoms with E-state index in [0.717, 1.165) is 12.1 Å². The summed E-state index contributed by atoms with van der Waals surface area (Å²) in [5.74, 6) is -1.44. The van der Waals surface area contributed by atoms with Crippen molar-refractivity contribution in [2.45, 2.75) is 13.2 Å². The van der Waals surface area contributed by atoms with Crippen LogP contribution in [0, 0.1) is 5.82 Å². The van der Waals surface area contributed by atoms with Gasteiger partial charge in [0, 0.05) is 7.11 Å². The maximum Gasteiger partial charge on any atom is 0.342 e. The molecule has 1 aromatic carbocycles. The van der Waals surface area contributed by atoms with E-state index in [0.29, 0.717) is 0 Å². The van der Waals surface area contributed by atoms with Gasteiger partial charge in [-0.15, -0.1) is 0 Å². The minimum absolute atomic E-state index is 0.0223. The van der Waals surface area contributed by atoms with Crippen LogP contribution >= 0.6 is 23.8 Å². The highest BCUT2D eigenvalue weighted by molar-refractivity contribution is 7.78. The van der Waals surface area contributed by atoms with E-state index in [2.05, 4.69) is 17.2 Å². The Labute approximate surface area is 113 Å². The van der Waals surface area contributed by atoms with Gasteiger partial charge in [0.2, 0.25) is 0 Å². The number of carbonyl (C=O) groups excluding carboxylic acids is 1. The molecular formula is C11H9ClFNO3S. The molecular weight excluding hydrogens is 281 g/mol. The van der Waals surface area contributed by atoms with Crippen LogP contribution in [0.3, 0.4) is 0 Å². The van der Waals surface area contributed by atoms with Crippen molar-refractivity contribution in [1.29, 1.82) is 0 Å². The smallest absolute Gasteiger partial charge is 0.342 e. The number of halogens is 2. The molecule has 0 N–H and O–H groups in total. The van der Waals surface area contributed by atoms with Gasteiger partial charge in [0.05, 0.1) is 15.7 Å². The molecule has 1 aromatic rings. The molecule has 0 aromatic heterocycles. The molecule has 96 valence electrons. The van der Waals surface area contributed by atoms with Crippen LogP contribution in [0.2, 0.25) is 5.02 Å². The molecule has 0 bridgehead atoms. The highest BCUT2D eigenvalue weighted by atomic mass is 35.5. The highest BCUT2D eigenvalue weighted by Crippen LogP contribution is 2.26. The summed E-state index contributed by atoms with van der Waals surface area (Å²) in [5, 5.41) is 1.93. The third-order valence-electron chi connectivity index (χ3n) is 2.03. The quantitative estimate of drug-likeness (QED) is 0.369. The molecule has 18 heavy (non-hydrogen) atoms. The summed E-state index contributed by atoms with van der Waals surface area (Å²) < 4.78 is 23.0. The number of benzene rings is 1. The molecule has 1 rings (SSSR count). The monoisotopic (exact) mass is 289 g/mol. The Morgan fingerprint density at radius 2 is 2.28 bits per heavy atom. The molecule has 0 aliphatic heterocycles. The van der Waals surface area contributed by atoms with Gasteiger partial charge in [-0.2, -0.15) is 4.99 Å². The number of hydrogen-bond donors (Lipinski definition) is 0. The summed E-state index contributed by atoms with van der Waals surface area (Å²) >= 11 is 10.1. The summed E-state index contributed by atoms with van der Waals surface area (Å²) in [7, 11) is 1.38. The Balaban J connectivity index is 3.12. The molecule has 0 heterocycles. The summed E-state index contributed by atoms with van der Waals surface area (Å²) in [4.78, 5) is 15.2. The number of isothiocyanates is 1. The topological polar surface area (TPSA) is 47.9 Å². The minimum atomic E-state index is -0.741. The van der Waals surface area contributed by atoms with E-state index in [-0.39, 0.29) is 16.3 Å². The first-order valence-electron chi connectivity index (χ1n) is 4.80. The van der Waals surface area contributed by atoms with Crippen LogP contribution in [0.4, 0.5) is 10.1 Å². The van der Waals surface area contributed by atoms with Gasteiger partial charge in [0.15, 0.2) is 12.1 Å². The highest BCUT2D eigenvalue weighted by Gasteiger charge is 2.18. The van der Waals surface area contributed by atoms with Crippen molar-refractivity contribution in [3.05, 3.63) is 28.5 Å². The number of nitrogens with zero attached hydrogens (tertiary/aromatic N) is 1. The zero-order valence-corrected chi connectivity index (χ0v) is 11.1. The van der Waals surface area contributed by atoms with Crippen molar-refractivity contribution < 1.29 is 18.7 Å². The van der Waals surface area contributed by atoms with Gasteiger partial charge in [-0.1, -0.05) is 11.6 Å². The third-order valence-corrected chi connectivity index (χ3v) is 2.43. The molecule has 0 spiro atoms. The van der Waals surface area contributed by atoms with Crippen molar-refractivity contribution in [3.63, 3.8) is 0 Å². The predicted molar refractivity (Wildman–Crippen MR) is 68.0 cm³/mol. The third kappa shape index (κ3) is 3.58. The predicted octanol–water partition coefficient (Wildman–Crippen LogP) is 3.36. The fraction of sp³-hybridized carbons (Fsp3) is 0.273. The fourth-order valence-corrected chi connectivity index (χ4v) is 1.42. The van der Waals surface area contributed by atoms with Crippen LogP contribution in [0.5, 0.6) is 0 Å². The van der Waals surface area contributed by atoms with Crippen molar-refractivity contribution in [1.82, 2.24) is 0 Å². The number of ether oxygens (including phenoxy) is 2. The van der Waals surface area contributed by atoms with E-state index in [4.69, 9.17) is 21.1 Å². The van der Waals surface area contributed by atoms with Gasteiger partial charge in [0.25, 0.3) is 0 Å². The van der Waals surface area contributed by atoms with E-state index in [1.807, 2.05) is 5.16 Å². The van der Waals surface area contributed by atoms with Crippen molar-refractivity contribution in [2.24, 2.45) is 4.99 Å². The van der Waals surface area contributed by atoms with Crippen molar-refractivity contribution in [2.75, 3.05) is 7.11 Å². The van der Waals surface area contributed by atoms with Crippen molar-refractivity contribution >= 4 is 40.6 Å². The second-order valence-electron chi connectivity index (χ2n) is 3.20. The zero-order chi connectivity index (χ0) is 13.7. The Kier molecular flexibility index (Phi) is 5.37. The molecule has 0 fully saturated rings. The summed E-state index contributed by atoms with van der Waals surface area (Å²) in [5.41, 5.74) is -0.155. The molecule has 7 heteroatoms. The number of thiocarbonyl (C=S) groups is 1.